The highest BCUT2D eigenvalue weighted by Crippen LogP contribution is 2.35. The van der Waals surface area contributed by atoms with Gasteiger partial charge >= 0.3 is 0 Å². The van der Waals surface area contributed by atoms with E-state index >= 15 is 0 Å². The molecule has 6 heteroatoms. The van der Waals surface area contributed by atoms with E-state index in [9.17, 15) is 4.79 Å². The van der Waals surface area contributed by atoms with Gasteiger partial charge in [0.05, 0.1) is 35.4 Å². The van der Waals surface area contributed by atoms with Crippen LogP contribution in [0.3, 0.4) is 0 Å². The topological polar surface area (TPSA) is 61.2 Å². The van der Waals surface area contributed by atoms with Crippen LogP contribution in [0, 0.1) is 0 Å². The number of hydrogen-bond donors (Lipinski definition) is 2. The molecule has 0 aliphatic heterocycles. The molecule has 0 unspecified atom stereocenters. The van der Waals surface area contributed by atoms with Gasteiger partial charge in [0, 0.05) is 17.7 Å². The molecule has 0 radical (unpaired) electrons. The van der Waals surface area contributed by atoms with E-state index in [1.807, 2.05) is 30.3 Å². The van der Waals surface area contributed by atoms with E-state index in [-0.39, 0.29) is 11.9 Å². The van der Waals surface area contributed by atoms with Crippen LogP contribution in [0.1, 0.15) is 17.2 Å². The largest absolute Gasteiger partial charge is 0.496 e. The summed E-state index contributed by atoms with van der Waals surface area (Å²) in [7, 11) is 8.83. The third-order valence-electron chi connectivity index (χ3n) is 4.28. The number of benzene rings is 2. The van der Waals surface area contributed by atoms with Crippen molar-refractivity contribution in [2.75, 3.05) is 42.0 Å². The van der Waals surface area contributed by atoms with Crippen molar-refractivity contribution in [1.29, 1.82) is 0 Å². The summed E-state index contributed by atoms with van der Waals surface area (Å²) < 4.78 is 16.0. The van der Waals surface area contributed by atoms with E-state index in [1.54, 1.807) is 39.5 Å². The lowest BCUT2D eigenvalue weighted by atomic mass is 10.1. The molecule has 0 heterocycles. The van der Waals surface area contributed by atoms with Crippen LogP contribution in [0.4, 0.5) is 0 Å². The fourth-order valence-corrected chi connectivity index (χ4v) is 2.91. The Hall–Kier alpha value is -2.99. The zero-order valence-electron chi connectivity index (χ0n) is 17.1. The monoisotopic (exact) mass is 385 g/mol. The van der Waals surface area contributed by atoms with Crippen molar-refractivity contribution in [3.63, 3.8) is 0 Å². The molecule has 2 N–H and O–H groups in total. The van der Waals surface area contributed by atoms with Crippen molar-refractivity contribution in [2.45, 2.75) is 6.04 Å². The minimum Gasteiger partial charge on any atom is -0.496 e. The zero-order valence-corrected chi connectivity index (χ0v) is 17.1. The van der Waals surface area contributed by atoms with Gasteiger partial charge in [-0.3, -0.25) is 4.79 Å². The Morgan fingerprint density at radius 3 is 2.18 bits per heavy atom. The molecule has 6 nitrogen and oxygen atoms in total. The van der Waals surface area contributed by atoms with Gasteiger partial charge in [0.25, 0.3) is 0 Å². The van der Waals surface area contributed by atoms with Crippen LogP contribution in [0.25, 0.3) is 6.08 Å². The first kappa shape index (κ1) is 21.3. The lowest BCUT2D eigenvalue weighted by molar-refractivity contribution is -0.860. The predicted molar refractivity (Wildman–Crippen MR) is 110 cm³/mol. The maximum Gasteiger partial charge on any atom is 0.244 e. The SMILES string of the molecule is COc1cc(OC)c(OC)cc1/C=C/C(=O)N[C@@H](C[NH+](C)C)c1ccccc1. The second kappa shape index (κ2) is 10.4. The van der Waals surface area contributed by atoms with Crippen molar-refractivity contribution in [3.8, 4) is 17.2 Å². The number of amides is 1. The van der Waals surface area contributed by atoms with Crippen LogP contribution in [-0.4, -0.2) is 47.9 Å². The van der Waals surface area contributed by atoms with Crippen molar-refractivity contribution < 1.29 is 23.9 Å². The highest BCUT2D eigenvalue weighted by atomic mass is 16.5. The third kappa shape index (κ3) is 5.76. The number of methoxy groups -OCH3 is 3. The van der Waals surface area contributed by atoms with Gasteiger partial charge in [0.1, 0.15) is 18.3 Å². The van der Waals surface area contributed by atoms with E-state index < -0.39 is 0 Å². The van der Waals surface area contributed by atoms with E-state index in [0.717, 1.165) is 17.7 Å². The first-order valence-electron chi connectivity index (χ1n) is 9.11. The molecule has 28 heavy (non-hydrogen) atoms. The quantitative estimate of drug-likeness (QED) is 0.646. The Morgan fingerprint density at radius 1 is 1.00 bits per heavy atom. The minimum atomic E-state index is -0.174. The Kier molecular flexibility index (Phi) is 7.89. The highest BCUT2D eigenvalue weighted by molar-refractivity contribution is 5.92. The van der Waals surface area contributed by atoms with Crippen molar-refractivity contribution in [2.24, 2.45) is 0 Å². The highest BCUT2D eigenvalue weighted by Gasteiger charge is 2.16. The molecule has 2 rings (SSSR count). The van der Waals surface area contributed by atoms with Crippen LogP contribution in [-0.2, 0) is 4.79 Å². The van der Waals surface area contributed by atoms with Crippen molar-refractivity contribution in [3.05, 3.63) is 59.7 Å². The Labute approximate surface area is 166 Å². The van der Waals surface area contributed by atoms with Gasteiger partial charge in [-0.25, -0.2) is 0 Å². The Bertz CT molecular complexity index is 804. The lowest BCUT2D eigenvalue weighted by Crippen LogP contribution is -3.06. The van der Waals surface area contributed by atoms with Crippen LogP contribution in [0.5, 0.6) is 17.2 Å². The van der Waals surface area contributed by atoms with Gasteiger partial charge < -0.3 is 24.4 Å². The third-order valence-corrected chi connectivity index (χ3v) is 4.28. The smallest absolute Gasteiger partial charge is 0.244 e. The lowest BCUT2D eigenvalue weighted by Gasteiger charge is -2.20. The van der Waals surface area contributed by atoms with Crippen molar-refractivity contribution >= 4 is 12.0 Å². The van der Waals surface area contributed by atoms with Gasteiger partial charge in [0.15, 0.2) is 11.5 Å². The molecule has 1 atom stereocenters. The summed E-state index contributed by atoms with van der Waals surface area (Å²) in [6, 6.07) is 13.4. The fraction of sp³-hybridized carbons (Fsp3) is 0.318. The van der Waals surface area contributed by atoms with Gasteiger partial charge in [-0.15, -0.1) is 0 Å². The van der Waals surface area contributed by atoms with Crippen molar-refractivity contribution in [1.82, 2.24) is 5.32 Å². The van der Waals surface area contributed by atoms with Crippen LogP contribution in [0.15, 0.2) is 48.5 Å². The van der Waals surface area contributed by atoms with Crippen LogP contribution in [0.2, 0.25) is 0 Å². The number of quaternary nitrogens is 1. The summed E-state index contributed by atoms with van der Waals surface area (Å²) in [4.78, 5) is 13.8. The molecule has 2 aromatic carbocycles. The average Bonchev–Trinajstić information content (AvgIpc) is 2.71. The van der Waals surface area contributed by atoms with Crippen LogP contribution < -0.4 is 24.4 Å². The average molecular weight is 385 g/mol. The van der Waals surface area contributed by atoms with E-state index in [1.165, 1.54) is 11.0 Å². The molecule has 2 aromatic rings. The van der Waals surface area contributed by atoms with Gasteiger partial charge in [-0.2, -0.15) is 0 Å². The molecule has 0 aliphatic carbocycles. The molecule has 0 aliphatic rings. The van der Waals surface area contributed by atoms with E-state index in [2.05, 4.69) is 19.4 Å². The van der Waals surface area contributed by atoms with E-state index in [4.69, 9.17) is 14.2 Å². The summed E-state index contributed by atoms with van der Waals surface area (Å²) >= 11 is 0. The molecule has 1 amide bonds. The fourth-order valence-electron chi connectivity index (χ4n) is 2.91. The second-order valence-electron chi connectivity index (χ2n) is 6.67. The number of hydrogen-bond acceptors (Lipinski definition) is 4. The second-order valence-corrected chi connectivity index (χ2v) is 6.67. The number of nitrogens with one attached hydrogen (secondary N) is 2. The van der Waals surface area contributed by atoms with Crippen LogP contribution >= 0.6 is 0 Å². The zero-order chi connectivity index (χ0) is 20.5. The minimum absolute atomic E-state index is 0.0735. The molecule has 150 valence electrons. The van der Waals surface area contributed by atoms with Gasteiger partial charge in [-0.1, -0.05) is 30.3 Å². The molecular weight excluding hydrogens is 356 g/mol. The summed E-state index contributed by atoms with van der Waals surface area (Å²) in [5, 5.41) is 3.08. The molecular formula is C22H29N2O4+. The maximum absolute atomic E-state index is 12.6. The maximum atomic E-state index is 12.6. The number of rotatable bonds is 9. The standard InChI is InChI=1S/C22H28N2O4/c1-24(2)15-18(16-9-7-6-8-10-16)23-22(25)12-11-17-13-20(27-4)21(28-5)14-19(17)26-3/h6-14,18H,15H2,1-5H3,(H,23,25)/p+1/b12-11+/t18-/m0/s1. The summed E-state index contributed by atoms with van der Waals surface area (Å²) in [6.45, 7) is 0.781. The molecule has 0 spiro atoms. The Balaban J connectivity index is 2.19. The Morgan fingerprint density at radius 2 is 1.61 bits per heavy atom. The number of carbonyl (C=O) groups excluding carboxylic acids is 1. The predicted octanol–water partition coefficient (Wildman–Crippen LogP) is 1.73. The van der Waals surface area contributed by atoms with Gasteiger partial charge in [0.2, 0.25) is 5.91 Å². The van der Waals surface area contributed by atoms with Gasteiger partial charge in [-0.05, 0) is 17.7 Å². The number of likely N-dealkylation sites (N-methyl/N-ethyl adjacent to an activating group) is 1. The first-order valence-corrected chi connectivity index (χ1v) is 9.11. The number of carbonyl (C=O) groups is 1. The first-order chi connectivity index (χ1) is 13.5. The normalized spacial score (nSPS) is 12.1. The molecule has 0 aromatic heterocycles. The summed E-state index contributed by atoms with van der Waals surface area (Å²) in [5.74, 6) is 1.56. The molecule has 0 saturated carbocycles. The summed E-state index contributed by atoms with van der Waals surface area (Å²) in [6.07, 6.45) is 3.21. The molecule has 0 fully saturated rings. The van der Waals surface area contributed by atoms with E-state index in [0.29, 0.717) is 17.2 Å². The summed E-state index contributed by atoms with van der Waals surface area (Å²) in [5.41, 5.74) is 1.80. The number of ether oxygens (including phenoxy) is 3. The molecule has 0 saturated heterocycles. The molecule has 0 bridgehead atoms.